The molecule has 7 nitrogen and oxygen atoms in total. The Balaban J connectivity index is 1.86. The summed E-state index contributed by atoms with van der Waals surface area (Å²) in [5.41, 5.74) is 0.685. The van der Waals surface area contributed by atoms with Gasteiger partial charge in [0, 0.05) is 25.5 Å². The van der Waals surface area contributed by atoms with Crippen molar-refractivity contribution in [3.8, 4) is 11.5 Å². The molecule has 1 aliphatic rings. The summed E-state index contributed by atoms with van der Waals surface area (Å²) >= 11 is 0. The van der Waals surface area contributed by atoms with Crippen LogP contribution >= 0.6 is 0 Å². The van der Waals surface area contributed by atoms with Gasteiger partial charge in [-0.2, -0.15) is 0 Å². The number of nitrogens with one attached hydrogen (secondary N) is 1. The normalized spacial score (nSPS) is 17.3. The third kappa shape index (κ3) is 2.84. The quantitative estimate of drug-likeness (QED) is 0.922. The van der Waals surface area contributed by atoms with Crippen LogP contribution in [0.25, 0.3) is 11.5 Å². The predicted molar refractivity (Wildman–Crippen MR) is 80.9 cm³/mol. The van der Waals surface area contributed by atoms with Gasteiger partial charge in [-0.1, -0.05) is 13.8 Å². The zero-order valence-corrected chi connectivity index (χ0v) is 12.9. The molecule has 0 aromatic carbocycles. The van der Waals surface area contributed by atoms with E-state index in [0.29, 0.717) is 24.0 Å². The highest BCUT2D eigenvalue weighted by atomic mass is 16.1. The third-order valence-electron chi connectivity index (χ3n) is 3.76. The summed E-state index contributed by atoms with van der Waals surface area (Å²) in [6.07, 6.45) is 6.66. The van der Waals surface area contributed by atoms with Gasteiger partial charge in [-0.25, -0.2) is 4.98 Å². The first-order chi connectivity index (χ1) is 10.7. The Labute approximate surface area is 129 Å². The van der Waals surface area contributed by atoms with Gasteiger partial charge in [-0.05, 0) is 18.8 Å². The fourth-order valence-corrected chi connectivity index (χ4v) is 2.66. The van der Waals surface area contributed by atoms with E-state index in [1.54, 1.807) is 18.6 Å². The first kappa shape index (κ1) is 14.6. The average Bonchev–Trinajstić information content (AvgIpc) is 2.97. The maximum atomic E-state index is 12.4. The second-order valence-electron chi connectivity index (χ2n) is 5.96. The lowest BCUT2D eigenvalue weighted by atomic mass is 9.97. The molecule has 2 aromatic rings. The van der Waals surface area contributed by atoms with Gasteiger partial charge in [0.25, 0.3) is 0 Å². The standard InChI is InChI=1S/C15H20N6O/c1-10(2)8-18-15(22)11-4-3-7-21-13(11)19-20-14(21)12-9-16-5-6-17-12/h5-6,9-11H,3-4,7-8H2,1-2H3,(H,18,22). The maximum Gasteiger partial charge on any atom is 0.230 e. The molecule has 1 atom stereocenters. The molecule has 0 saturated carbocycles. The SMILES string of the molecule is CC(C)CNC(=O)C1CCCn2c(-c3cnccn3)nnc21. The first-order valence-electron chi connectivity index (χ1n) is 7.64. The molecule has 3 rings (SSSR count). The third-order valence-corrected chi connectivity index (χ3v) is 3.76. The average molecular weight is 300 g/mol. The summed E-state index contributed by atoms with van der Waals surface area (Å²) in [4.78, 5) is 20.7. The minimum absolute atomic E-state index is 0.0349. The molecule has 116 valence electrons. The number of nitrogens with zero attached hydrogens (tertiary/aromatic N) is 5. The van der Waals surface area contributed by atoms with E-state index in [0.717, 1.165) is 25.2 Å². The van der Waals surface area contributed by atoms with Crippen molar-refractivity contribution in [1.82, 2.24) is 30.0 Å². The Hall–Kier alpha value is -2.31. The number of fused-ring (bicyclic) bond motifs is 1. The van der Waals surface area contributed by atoms with Crippen LogP contribution in [0.3, 0.4) is 0 Å². The summed E-state index contributed by atoms with van der Waals surface area (Å²) in [6.45, 7) is 5.65. The van der Waals surface area contributed by atoms with E-state index in [4.69, 9.17) is 0 Å². The van der Waals surface area contributed by atoms with Crippen LogP contribution in [0.4, 0.5) is 0 Å². The highest BCUT2D eigenvalue weighted by molar-refractivity contribution is 5.83. The van der Waals surface area contributed by atoms with E-state index in [1.807, 2.05) is 4.57 Å². The van der Waals surface area contributed by atoms with Crippen molar-refractivity contribution in [2.75, 3.05) is 6.54 Å². The number of amides is 1. The molecule has 0 spiro atoms. The lowest BCUT2D eigenvalue weighted by molar-refractivity contribution is -0.123. The van der Waals surface area contributed by atoms with Crippen molar-refractivity contribution >= 4 is 5.91 Å². The van der Waals surface area contributed by atoms with Gasteiger partial charge in [0.2, 0.25) is 5.91 Å². The zero-order valence-electron chi connectivity index (χ0n) is 12.9. The van der Waals surface area contributed by atoms with Gasteiger partial charge >= 0.3 is 0 Å². The second-order valence-corrected chi connectivity index (χ2v) is 5.96. The van der Waals surface area contributed by atoms with Crippen LogP contribution in [-0.2, 0) is 11.3 Å². The van der Waals surface area contributed by atoms with Crippen molar-refractivity contribution < 1.29 is 4.79 Å². The number of rotatable bonds is 4. The molecular formula is C15H20N6O. The predicted octanol–water partition coefficient (Wildman–Crippen LogP) is 1.38. The Bertz CT molecular complexity index is 651. The molecule has 0 aliphatic carbocycles. The van der Waals surface area contributed by atoms with Crippen molar-refractivity contribution in [2.45, 2.75) is 39.2 Å². The van der Waals surface area contributed by atoms with E-state index >= 15 is 0 Å². The molecule has 3 heterocycles. The summed E-state index contributed by atoms with van der Waals surface area (Å²) in [5, 5.41) is 11.5. The largest absolute Gasteiger partial charge is 0.355 e. The minimum atomic E-state index is -0.231. The highest BCUT2D eigenvalue weighted by Gasteiger charge is 2.31. The van der Waals surface area contributed by atoms with Gasteiger partial charge in [-0.3, -0.25) is 9.78 Å². The molecule has 7 heteroatoms. The number of hydrogen-bond acceptors (Lipinski definition) is 5. The monoisotopic (exact) mass is 300 g/mol. The van der Waals surface area contributed by atoms with Gasteiger partial charge in [0.1, 0.15) is 11.5 Å². The van der Waals surface area contributed by atoms with Crippen molar-refractivity contribution in [3.63, 3.8) is 0 Å². The van der Waals surface area contributed by atoms with Gasteiger partial charge < -0.3 is 9.88 Å². The second kappa shape index (κ2) is 6.21. The van der Waals surface area contributed by atoms with Crippen LogP contribution in [0, 0.1) is 5.92 Å². The van der Waals surface area contributed by atoms with Crippen molar-refractivity contribution in [3.05, 3.63) is 24.4 Å². The Kier molecular flexibility index (Phi) is 4.13. The summed E-state index contributed by atoms with van der Waals surface area (Å²) < 4.78 is 1.99. The highest BCUT2D eigenvalue weighted by Crippen LogP contribution is 2.29. The van der Waals surface area contributed by atoms with Crippen LogP contribution in [0.2, 0.25) is 0 Å². The maximum absolute atomic E-state index is 12.4. The van der Waals surface area contributed by atoms with Crippen LogP contribution < -0.4 is 5.32 Å². The lowest BCUT2D eigenvalue weighted by Gasteiger charge is -2.23. The number of carbonyl (C=O) groups excluding carboxylic acids is 1. The van der Waals surface area contributed by atoms with Crippen LogP contribution in [0.1, 0.15) is 38.4 Å². The van der Waals surface area contributed by atoms with Gasteiger partial charge in [0.15, 0.2) is 5.82 Å². The molecule has 0 bridgehead atoms. The molecule has 0 saturated heterocycles. The smallest absolute Gasteiger partial charge is 0.230 e. The summed E-state index contributed by atoms with van der Waals surface area (Å²) in [6, 6.07) is 0. The zero-order chi connectivity index (χ0) is 15.5. The van der Waals surface area contributed by atoms with E-state index in [9.17, 15) is 4.79 Å². The molecule has 0 fully saturated rings. The van der Waals surface area contributed by atoms with Crippen LogP contribution in [0.5, 0.6) is 0 Å². The molecule has 1 aliphatic heterocycles. The van der Waals surface area contributed by atoms with E-state index in [1.165, 1.54) is 0 Å². The van der Waals surface area contributed by atoms with Crippen LogP contribution in [-0.4, -0.2) is 37.2 Å². The number of hydrogen-bond donors (Lipinski definition) is 1. The Morgan fingerprint density at radius 1 is 1.41 bits per heavy atom. The summed E-state index contributed by atoms with van der Waals surface area (Å²) in [5.74, 6) is 1.65. The molecular weight excluding hydrogens is 280 g/mol. The number of aromatic nitrogens is 5. The fourth-order valence-electron chi connectivity index (χ4n) is 2.66. The van der Waals surface area contributed by atoms with Crippen molar-refractivity contribution in [1.29, 1.82) is 0 Å². The van der Waals surface area contributed by atoms with Gasteiger partial charge in [0.05, 0.1) is 12.1 Å². The molecule has 1 amide bonds. The number of carbonyl (C=O) groups is 1. The molecule has 22 heavy (non-hydrogen) atoms. The lowest BCUT2D eigenvalue weighted by Crippen LogP contribution is -2.35. The fraction of sp³-hybridized carbons (Fsp3) is 0.533. The topological polar surface area (TPSA) is 85.6 Å². The molecule has 0 radical (unpaired) electrons. The summed E-state index contributed by atoms with van der Waals surface area (Å²) in [7, 11) is 0. The minimum Gasteiger partial charge on any atom is -0.355 e. The van der Waals surface area contributed by atoms with E-state index in [2.05, 4.69) is 39.3 Å². The Morgan fingerprint density at radius 2 is 2.27 bits per heavy atom. The van der Waals surface area contributed by atoms with Gasteiger partial charge in [-0.15, -0.1) is 10.2 Å². The van der Waals surface area contributed by atoms with Crippen LogP contribution in [0.15, 0.2) is 18.6 Å². The van der Waals surface area contributed by atoms with E-state index in [-0.39, 0.29) is 11.8 Å². The molecule has 1 unspecified atom stereocenters. The van der Waals surface area contributed by atoms with E-state index < -0.39 is 0 Å². The Morgan fingerprint density at radius 3 is 3.00 bits per heavy atom. The molecule has 2 aromatic heterocycles. The van der Waals surface area contributed by atoms with Crippen molar-refractivity contribution in [2.24, 2.45) is 5.92 Å². The first-order valence-corrected chi connectivity index (χ1v) is 7.64. The molecule has 1 N–H and O–H groups in total.